The summed E-state index contributed by atoms with van der Waals surface area (Å²) < 4.78 is 19.7. The van der Waals surface area contributed by atoms with Gasteiger partial charge in [-0.1, -0.05) is 17.7 Å². The SMILES string of the molecule is O=C(Nc1ccc(F)cc1Cl)C1C[C@@]2(O)[C@H]3Cc4ccc(O)c5c4[C@@]2(CCN3CC2CC2)[C@@H](O5)C1=O. The predicted octanol–water partition coefficient (Wildman–Crippen LogP) is 3.18. The normalized spacial score (nSPS) is 34.2. The van der Waals surface area contributed by atoms with Gasteiger partial charge in [-0.25, -0.2) is 4.39 Å². The topological polar surface area (TPSA) is 99.1 Å². The molecule has 9 heteroatoms. The lowest BCUT2D eigenvalue weighted by Gasteiger charge is -2.63. The number of halogens is 2. The Bertz CT molecular complexity index is 1330. The molecule has 2 heterocycles. The van der Waals surface area contributed by atoms with Crippen LogP contribution in [-0.4, -0.2) is 57.6 Å². The second kappa shape index (κ2) is 7.43. The molecule has 0 aromatic heterocycles. The van der Waals surface area contributed by atoms with Crippen molar-refractivity contribution in [2.24, 2.45) is 11.8 Å². The number of hydrogen-bond donors (Lipinski definition) is 3. The summed E-state index contributed by atoms with van der Waals surface area (Å²) in [6.07, 6.45) is 2.27. The highest BCUT2D eigenvalue weighted by molar-refractivity contribution is 6.33. The molecule has 36 heavy (non-hydrogen) atoms. The fraction of sp³-hybridized carbons (Fsp3) is 0.481. The number of ether oxygens (including phenoxy) is 1. The molecule has 2 aromatic rings. The third-order valence-electron chi connectivity index (χ3n) is 9.14. The van der Waals surface area contributed by atoms with E-state index in [9.17, 15) is 24.2 Å². The highest BCUT2D eigenvalue weighted by Crippen LogP contribution is 2.65. The summed E-state index contributed by atoms with van der Waals surface area (Å²) in [5.74, 6) is -1.96. The molecule has 5 atom stereocenters. The number of aromatic hydroxyl groups is 1. The summed E-state index contributed by atoms with van der Waals surface area (Å²) in [6, 6.07) is 6.78. The third-order valence-corrected chi connectivity index (χ3v) is 9.45. The van der Waals surface area contributed by atoms with Crippen LogP contribution in [0.5, 0.6) is 11.5 Å². The van der Waals surface area contributed by atoms with Crippen LogP contribution < -0.4 is 10.1 Å². The maximum Gasteiger partial charge on any atom is 0.235 e. The van der Waals surface area contributed by atoms with Crippen LogP contribution in [0.4, 0.5) is 10.1 Å². The Kier molecular flexibility index (Phi) is 4.65. The van der Waals surface area contributed by atoms with E-state index in [4.69, 9.17) is 16.3 Å². The maximum absolute atomic E-state index is 13.9. The summed E-state index contributed by atoms with van der Waals surface area (Å²) in [7, 11) is 0. The molecule has 1 spiro atoms. The lowest BCUT2D eigenvalue weighted by Crippen LogP contribution is -2.78. The van der Waals surface area contributed by atoms with Gasteiger partial charge < -0.3 is 20.3 Å². The largest absolute Gasteiger partial charge is 0.504 e. The van der Waals surface area contributed by atoms with Gasteiger partial charge in [-0.2, -0.15) is 0 Å². The van der Waals surface area contributed by atoms with E-state index in [0.717, 1.165) is 23.7 Å². The highest BCUT2D eigenvalue weighted by atomic mass is 35.5. The van der Waals surface area contributed by atoms with Crippen LogP contribution in [-0.2, 0) is 21.4 Å². The van der Waals surface area contributed by atoms with Gasteiger partial charge in [0.2, 0.25) is 5.91 Å². The van der Waals surface area contributed by atoms with Crippen LogP contribution in [0.2, 0.25) is 5.02 Å². The first-order valence-electron chi connectivity index (χ1n) is 12.5. The van der Waals surface area contributed by atoms with E-state index >= 15 is 0 Å². The van der Waals surface area contributed by atoms with E-state index in [-0.39, 0.29) is 34.7 Å². The fourth-order valence-electron chi connectivity index (χ4n) is 7.33. The molecule has 2 saturated carbocycles. The minimum absolute atomic E-state index is 0.0195. The number of carbonyl (C=O) groups is 2. The van der Waals surface area contributed by atoms with Gasteiger partial charge in [0.25, 0.3) is 0 Å². The summed E-state index contributed by atoms with van der Waals surface area (Å²) in [6.45, 7) is 1.60. The molecule has 2 aromatic carbocycles. The van der Waals surface area contributed by atoms with Crippen molar-refractivity contribution in [2.75, 3.05) is 18.4 Å². The van der Waals surface area contributed by atoms with E-state index in [2.05, 4.69) is 10.2 Å². The Morgan fingerprint density at radius 3 is 2.83 bits per heavy atom. The van der Waals surface area contributed by atoms with Gasteiger partial charge in [-0.3, -0.25) is 14.5 Å². The minimum Gasteiger partial charge on any atom is -0.504 e. The van der Waals surface area contributed by atoms with Gasteiger partial charge in [0, 0.05) is 18.2 Å². The molecule has 3 N–H and O–H groups in total. The Balaban J connectivity index is 1.31. The van der Waals surface area contributed by atoms with Crippen molar-refractivity contribution in [1.29, 1.82) is 0 Å². The second-order valence-corrected chi connectivity index (χ2v) is 11.4. The van der Waals surface area contributed by atoms with Crippen LogP contribution in [0, 0.1) is 17.7 Å². The van der Waals surface area contributed by atoms with Gasteiger partial charge in [-0.05, 0) is 74.4 Å². The number of ketones is 1. The van der Waals surface area contributed by atoms with E-state index in [1.807, 2.05) is 6.07 Å². The van der Waals surface area contributed by atoms with Crippen molar-refractivity contribution >= 4 is 29.0 Å². The molecule has 1 saturated heterocycles. The smallest absolute Gasteiger partial charge is 0.235 e. The molecule has 0 radical (unpaired) electrons. The number of phenolic OH excluding ortho intramolecular Hbond substituents is 1. The van der Waals surface area contributed by atoms with E-state index in [0.29, 0.717) is 25.3 Å². The molecule has 1 amide bonds. The fourth-order valence-corrected chi connectivity index (χ4v) is 7.55. The number of hydrogen-bond acceptors (Lipinski definition) is 6. The zero-order chi connectivity index (χ0) is 25.0. The summed E-state index contributed by atoms with van der Waals surface area (Å²) in [5.41, 5.74) is -0.515. The van der Waals surface area contributed by atoms with Crippen LogP contribution in [0.1, 0.15) is 36.8 Å². The first-order valence-corrected chi connectivity index (χ1v) is 12.9. The Morgan fingerprint density at radius 2 is 2.08 bits per heavy atom. The molecule has 2 aliphatic heterocycles. The predicted molar refractivity (Wildman–Crippen MR) is 129 cm³/mol. The second-order valence-electron chi connectivity index (χ2n) is 11.0. The number of phenols is 1. The molecule has 7 rings (SSSR count). The van der Waals surface area contributed by atoms with Crippen molar-refractivity contribution in [3.63, 3.8) is 0 Å². The van der Waals surface area contributed by atoms with Crippen LogP contribution in [0.25, 0.3) is 0 Å². The van der Waals surface area contributed by atoms with Crippen LogP contribution in [0.15, 0.2) is 30.3 Å². The Labute approximate surface area is 212 Å². The number of benzene rings is 2. The quantitative estimate of drug-likeness (QED) is 0.544. The Morgan fingerprint density at radius 1 is 1.28 bits per heavy atom. The molecule has 1 unspecified atom stereocenters. The average Bonchev–Trinajstić information content (AvgIpc) is 3.58. The van der Waals surface area contributed by atoms with E-state index in [1.54, 1.807) is 6.07 Å². The number of nitrogens with one attached hydrogen (secondary N) is 1. The van der Waals surface area contributed by atoms with Gasteiger partial charge in [0.1, 0.15) is 11.7 Å². The standard InChI is InChI=1S/C27H26ClFN2O5/c28-17-10-15(29)4-5-18(17)30-25(34)16-11-27(35)20-9-14-3-6-19(32)23-21(14)26(27,24(36-23)22(16)33)7-8-31(20)12-13-1-2-13/h3-6,10,13,16,20,24,32,35H,1-2,7-9,11-12H2,(H,30,34)/t16?,20-,24+,26+,27-/m1/s1. The number of anilines is 1. The number of carbonyl (C=O) groups excluding carboxylic acids is 2. The third kappa shape index (κ3) is 2.86. The van der Waals surface area contributed by atoms with Crippen molar-refractivity contribution in [1.82, 2.24) is 4.90 Å². The van der Waals surface area contributed by atoms with Crippen molar-refractivity contribution < 1.29 is 28.9 Å². The maximum atomic E-state index is 13.9. The zero-order valence-corrected chi connectivity index (χ0v) is 20.2. The Hall–Kier alpha value is -2.68. The molecule has 2 bridgehead atoms. The monoisotopic (exact) mass is 512 g/mol. The average molecular weight is 513 g/mol. The molecule has 188 valence electrons. The number of likely N-dealkylation sites (tertiary alicyclic amines) is 1. The minimum atomic E-state index is -1.40. The van der Waals surface area contributed by atoms with Crippen molar-refractivity contribution in [3.05, 3.63) is 52.3 Å². The van der Waals surface area contributed by atoms with Gasteiger partial charge in [0.05, 0.1) is 21.7 Å². The highest BCUT2D eigenvalue weighted by Gasteiger charge is 2.75. The summed E-state index contributed by atoms with van der Waals surface area (Å²) >= 11 is 6.11. The van der Waals surface area contributed by atoms with Crippen molar-refractivity contribution in [3.8, 4) is 11.5 Å². The number of Topliss-reactive ketones (excluding diaryl/α,β-unsaturated/α-hetero) is 1. The number of aliphatic hydroxyl groups is 1. The lowest BCUT2D eigenvalue weighted by molar-refractivity contribution is -0.197. The number of amides is 1. The summed E-state index contributed by atoms with van der Waals surface area (Å²) in [5, 5.41) is 25.9. The van der Waals surface area contributed by atoms with E-state index < -0.39 is 40.5 Å². The number of piperidine rings is 1. The van der Waals surface area contributed by atoms with Crippen LogP contribution in [0.3, 0.4) is 0 Å². The molecule has 7 nitrogen and oxygen atoms in total. The van der Waals surface area contributed by atoms with Gasteiger partial charge in [-0.15, -0.1) is 0 Å². The zero-order valence-electron chi connectivity index (χ0n) is 19.5. The molecule has 3 aliphatic carbocycles. The molecule has 3 fully saturated rings. The summed E-state index contributed by atoms with van der Waals surface area (Å²) in [4.78, 5) is 29.6. The lowest BCUT2D eigenvalue weighted by atomic mass is 9.47. The number of rotatable bonds is 4. The van der Waals surface area contributed by atoms with Gasteiger partial charge >= 0.3 is 0 Å². The van der Waals surface area contributed by atoms with Crippen molar-refractivity contribution in [2.45, 2.75) is 55.3 Å². The molecular weight excluding hydrogens is 487 g/mol. The first-order chi connectivity index (χ1) is 17.2. The first kappa shape index (κ1) is 22.5. The van der Waals surface area contributed by atoms with Gasteiger partial charge in [0.15, 0.2) is 23.4 Å². The number of nitrogens with zero attached hydrogens (tertiary/aromatic N) is 1. The van der Waals surface area contributed by atoms with E-state index in [1.165, 1.54) is 25.0 Å². The molecular formula is C27H26ClFN2O5. The molecule has 5 aliphatic rings. The van der Waals surface area contributed by atoms with Crippen LogP contribution >= 0.6 is 11.6 Å².